The third-order valence-corrected chi connectivity index (χ3v) is 4.71. The number of halogens is 2. The molecule has 2 unspecified atom stereocenters. The van der Waals surface area contributed by atoms with E-state index in [1.807, 2.05) is 0 Å². The number of sulfonamides is 1. The summed E-state index contributed by atoms with van der Waals surface area (Å²) < 4.78 is 49.1. The Morgan fingerprint density at radius 3 is 2.55 bits per heavy atom. The van der Waals surface area contributed by atoms with Gasteiger partial charge in [0.2, 0.25) is 15.9 Å². The molecule has 20 heavy (non-hydrogen) atoms. The zero-order chi connectivity index (χ0) is 15.1. The summed E-state index contributed by atoms with van der Waals surface area (Å²) in [4.78, 5) is 13.1. The summed E-state index contributed by atoms with van der Waals surface area (Å²) in [6.45, 7) is 1.47. The molecular weight excluding hydrogens is 290 g/mol. The SMILES string of the molecule is CC(c1ccc(F)cc1F)N1CC(S(N)(=O)=O)CC1=O. The first-order chi connectivity index (χ1) is 9.20. The van der Waals surface area contributed by atoms with E-state index in [0.29, 0.717) is 0 Å². The van der Waals surface area contributed by atoms with Crippen LogP contribution in [0.15, 0.2) is 18.2 Å². The maximum absolute atomic E-state index is 13.7. The van der Waals surface area contributed by atoms with Crippen LogP contribution in [0.25, 0.3) is 0 Å². The number of likely N-dealkylation sites (tertiary alicyclic amines) is 1. The van der Waals surface area contributed by atoms with E-state index in [9.17, 15) is 22.0 Å². The molecule has 0 aromatic heterocycles. The highest BCUT2D eigenvalue weighted by atomic mass is 32.2. The van der Waals surface area contributed by atoms with Crippen molar-refractivity contribution in [2.75, 3.05) is 6.54 Å². The fraction of sp³-hybridized carbons (Fsp3) is 0.417. The van der Waals surface area contributed by atoms with E-state index >= 15 is 0 Å². The van der Waals surface area contributed by atoms with Crippen LogP contribution in [0, 0.1) is 11.6 Å². The number of hydrogen-bond acceptors (Lipinski definition) is 3. The molecule has 1 saturated heterocycles. The van der Waals surface area contributed by atoms with E-state index in [1.54, 1.807) is 6.92 Å². The van der Waals surface area contributed by atoms with Gasteiger partial charge in [-0.2, -0.15) is 0 Å². The van der Waals surface area contributed by atoms with Crippen molar-refractivity contribution in [3.63, 3.8) is 0 Å². The molecule has 2 N–H and O–H groups in total. The highest BCUT2D eigenvalue weighted by molar-refractivity contribution is 7.89. The van der Waals surface area contributed by atoms with Crippen LogP contribution in [-0.2, 0) is 14.8 Å². The summed E-state index contributed by atoms with van der Waals surface area (Å²) in [7, 11) is -3.82. The molecule has 110 valence electrons. The Labute approximate surface area is 115 Å². The monoisotopic (exact) mass is 304 g/mol. The molecule has 2 atom stereocenters. The van der Waals surface area contributed by atoms with E-state index < -0.39 is 38.9 Å². The van der Waals surface area contributed by atoms with E-state index in [-0.39, 0.29) is 18.5 Å². The third kappa shape index (κ3) is 2.80. The zero-order valence-electron chi connectivity index (χ0n) is 10.7. The number of rotatable bonds is 3. The van der Waals surface area contributed by atoms with E-state index in [4.69, 9.17) is 5.14 Å². The Bertz CT molecular complexity index is 648. The number of nitrogens with two attached hydrogens (primary N) is 1. The molecule has 0 radical (unpaired) electrons. The minimum absolute atomic E-state index is 0.0876. The van der Waals surface area contributed by atoms with Gasteiger partial charge in [-0.25, -0.2) is 22.3 Å². The number of carbonyl (C=O) groups excluding carboxylic acids is 1. The van der Waals surface area contributed by atoms with Gasteiger partial charge in [-0.1, -0.05) is 6.07 Å². The maximum Gasteiger partial charge on any atom is 0.224 e. The largest absolute Gasteiger partial charge is 0.334 e. The number of primary sulfonamides is 1. The van der Waals surface area contributed by atoms with Gasteiger partial charge >= 0.3 is 0 Å². The van der Waals surface area contributed by atoms with Crippen LogP contribution in [-0.4, -0.2) is 31.0 Å². The van der Waals surface area contributed by atoms with Crippen molar-refractivity contribution in [3.8, 4) is 0 Å². The fourth-order valence-electron chi connectivity index (χ4n) is 2.30. The molecular formula is C12H14F2N2O3S. The fourth-order valence-corrected chi connectivity index (χ4v) is 3.04. The minimum atomic E-state index is -3.82. The molecule has 1 fully saturated rings. The van der Waals surface area contributed by atoms with Crippen LogP contribution >= 0.6 is 0 Å². The summed E-state index contributed by atoms with van der Waals surface area (Å²) in [6, 6.07) is 2.37. The van der Waals surface area contributed by atoms with Crippen LogP contribution in [0.4, 0.5) is 8.78 Å². The van der Waals surface area contributed by atoms with Crippen molar-refractivity contribution in [1.29, 1.82) is 0 Å². The van der Waals surface area contributed by atoms with Gasteiger partial charge in [0.25, 0.3) is 0 Å². The smallest absolute Gasteiger partial charge is 0.224 e. The Morgan fingerprint density at radius 2 is 2.05 bits per heavy atom. The van der Waals surface area contributed by atoms with Gasteiger partial charge in [-0.15, -0.1) is 0 Å². The second kappa shape index (κ2) is 5.10. The van der Waals surface area contributed by atoms with Crippen LogP contribution in [0.1, 0.15) is 24.9 Å². The number of amides is 1. The van der Waals surface area contributed by atoms with Crippen LogP contribution in [0.2, 0.25) is 0 Å². The van der Waals surface area contributed by atoms with Crippen molar-refractivity contribution >= 4 is 15.9 Å². The van der Waals surface area contributed by atoms with Gasteiger partial charge in [-0.3, -0.25) is 4.79 Å². The first-order valence-corrected chi connectivity index (χ1v) is 7.57. The summed E-state index contributed by atoms with van der Waals surface area (Å²) >= 11 is 0. The number of hydrogen-bond donors (Lipinski definition) is 1. The van der Waals surface area contributed by atoms with E-state index in [2.05, 4.69) is 0 Å². The lowest BCUT2D eigenvalue weighted by atomic mass is 10.1. The average Bonchev–Trinajstić information content (AvgIpc) is 2.70. The lowest BCUT2D eigenvalue weighted by molar-refractivity contribution is -0.129. The third-order valence-electron chi connectivity index (χ3n) is 3.47. The number of carbonyl (C=O) groups is 1. The minimum Gasteiger partial charge on any atom is -0.334 e. The molecule has 1 heterocycles. The van der Waals surface area contributed by atoms with Gasteiger partial charge in [0.05, 0.1) is 6.04 Å². The second-order valence-electron chi connectivity index (χ2n) is 4.80. The first kappa shape index (κ1) is 14.9. The quantitative estimate of drug-likeness (QED) is 0.901. The Hall–Kier alpha value is -1.54. The van der Waals surface area contributed by atoms with Crippen molar-refractivity contribution < 1.29 is 22.0 Å². The summed E-state index contributed by atoms with van der Waals surface area (Å²) in [5.41, 5.74) is 0.134. The van der Waals surface area contributed by atoms with E-state index in [0.717, 1.165) is 12.1 Å². The Kier molecular flexibility index (Phi) is 3.79. The Morgan fingerprint density at radius 1 is 1.40 bits per heavy atom. The lowest BCUT2D eigenvalue weighted by Crippen LogP contribution is -2.33. The molecule has 1 amide bonds. The molecule has 1 aliphatic rings. The molecule has 0 saturated carbocycles. The predicted octanol–water partition coefficient (Wildman–Crippen LogP) is 0.915. The van der Waals surface area contributed by atoms with Gasteiger partial charge in [0.15, 0.2) is 0 Å². The molecule has 1 aromatic carbocycles. The first-order valence-electron chi connectivity index (χ1n) is 5.96. The summed E-state index contributed by atoms with van der Waals surface area (Å²) in [6.07, 6.45) is -0.216. The molecule has 5 nitrogen and oxygen atoms in total. The molecule has 1 aromatic rings. The molecule has 0 spiro atoms. The van der Waals surface area contributed by atoms with Gasteiger partial charge in [0.1, 0.15) is 16.9 Å². The topological polar surface area (TPSA) is 80.5 Å². The number of nitrogens with zero attached hydrogens (tertiary/aromatic N) is 1. The van der Waals surface area contributed by atoms with Crippen molar-refractivity contribution in [3.05, 3.63) is 35.4 Å². The average molecular weight is 304 g/mol. The van der Waals surface area contributed by atoms with Crippen molar-refractivity contribution in [2.24, 2.45) is 5.14 Å². The summed E-state index contributed by atoms with van der Waals surface area (Å²) in [5.74, 6) is -1.90. The van der Waals surface area contributed by atoms with Crippen molar-refractivity contribution in [1.82, 2.24) is 4.90 Å². The molecule has 0 aliphatic carbocycles. The summed E-state index contributed by atoms with van der Waals surface area (Å²) in [5, 5.41) is 4.04. The van der Waals surface area contributed by atoms with E-state index in [1.165, 1.54) is 11.0 Å². The molecule has 1 aliphatic heterocycles. The maximum atomic E-state index is 13.7. The molecule has 0 bridgehead atoms. The van der Waals surface area contributed by atoms with Crippen molar-refractivity contribution in [2.45, 2.75) is 24.6 Å². The number of benzene rings is 1. The van der Waals surface area contributed by atoms with Gasteiger partial charge in [0, 0.05) is 24.6 Å². The van der Waals surface area contributed by atoms with Crippen LogP contribution < -0.4 is 5.14 Å². The van der Waals surface area contributed by atoms with Crippen LogP contribution in [0.5, 0.6) is 0 Å². The highest BCUT2D eigenvalue weighted by Gasteiger charge is 2.39. The zero-order valence-corrected chi connectivity index (χ0v) is 11.5. The molecule has 2 rings (SSSR count). The highest BCUT2D eigenvalue weighted by Crippen LogP contribution is 2.29. The second-order valence-corrected chi connectivity index (χ2v) is 6.65. The standard InChI is InChI=1S/C12H14F2N2O3S/c1-7(10-3-2-8(13)4-11(10)14)16-6-9(5-12(16)17)20(15,18)19/h2-4,7,9H,5-6H2,1H3,(H2,15,18,19). The predicted molar refractivity (Wildman–Crippen MR) is 68.0 cm³/mol. The lowest BCUT2D eigenvalue weighted by Gasteiger charge is -2.25. The molecule has 8 heteroatoms. The normalized spacial score (nSPS) is 21.3. The Balaban J connectivity index is 2.26. The van der Waals surface area contributed by atoms with Crippen LogP contribution in [0.3, 0.4) is 0 Å². The van der Waals surface area contributed by atoms with Gasteiger partial charge < -0.3 is 4.90 Å². The van der Waals surface area contributed by atoms with Gasteiger partial charge in [-0.05, 0) is 13.0 Å².